The molecule has 0 unspecified atom stereocenters. The van der Waals surface area contributed by atoms with Gasteiger partial charge in [-0.2, -0.15) is 0 Å². The Morgan fingerprint density at radius 3 is 2.39 bits per heavy atom. The van der Waals surface area contributed by atoms with E-state index in [-0.39, 0.29) is 24.8 Å². The SMILES string of the molecule is Cl.Cl.Nc1cnc2c(n1)CCN(C1CCC1)CC2. The van der Waals surface area contributed by atoms with Crippen molar-refractivity contribution in [1.29, 1.82) is 0 Å². The molecule has 1 aromatic heterocycles. The molecule has 3 rings (SSSR count). The Labute approximate surface area is 120 Å². The van der Waals surface area contributed by atoms with Crippen LogP contribution in [0.4, 0.5) is 5.82 Å². The van der Waals surface area contributed by atoms with Crippen LogP contribution in [0.1, 0.15) is 30.7 Å². The molecular formula is C12H20Cl2N4. The van der Waals surface area contributed by atoms with Gasteiger partial charge in [-0.1, -0.05) is 6.42 Å². The standard InChI is InChI=1S/C12H18N4.2ClH/c13-12-8-14-10-4-6-16(9-2-1-3-9)7-5-11(10)15-12;;/h8-9H,1-7H2,(H2,13,15);2*1H. The van der Waals surface area contributed by atoms with Gasteiger partial charge in [0.15, 0.2) is 0 Å². The average Bonchev–Trinajstić information content (AvgIpc) is 2.39. The van der Waals surface area contributed by atoms with Gasteiger partial charge in [-0.3, -0.25) is 9.88 Å². The first kappa shape index (κ1) is 15.5. The summed E-state index contributed by atoms with van der Waals surface area (Å²) < 4.78 is 0. The Kier molecular flexibility index (Phi) is 5.63. The number of rotatable bonds is 1. The molecule has 1 aromatic rings. The van der Waals surface area contributed by atoms with Gasteiger partial charge in [-0.05, 0) is 12.8 Å². The Bertz CT molecular complexity index is 396. The van der Waals surface area contributed by atoms with E-state index < -0.39 is 0 Å². The first-order valence-corrected chi connectivity index (χ1v) is 6.17. The molecule has 0 saturated heterocycles. The molecule has 1 fully saturated rings. The summed E-state index contributed by atoms with van der Waals surface area (Å²) in [6, 6.07) is 0.826. The smallest absolute Gasteiger partial charge is 0.142 e. The van der Waals surface area contributed by atoms with E-state index in [2.05, 4.69) is 14.9 Å². The maximum atomic E-state index is 5.68. The van der Waals surface area contributed by atoms with Crippen LogP contribution in [-0.2, 0) is 12.8 Å². The third-order valence-electron chi connectivity index (χ3n) is 3.81. The largest absolute Gasteiger partial charge is 0.382 e. The van der Waals surface area contributed by atoms with Gasteiger partial charge >= 0.3 is 0 Å². The van der Waals surface area contributed by atoms with Crippen molar-refractivity contribution in [3.63, 3.8) is 0 Å². The van der Waals surface area contributed by atoms with Gasteiger partial charge in [0.1, 0.15) is 5.82 Å². The van der Waals surface area contributed by atoms with Crippen molar-refractivity contribution >= 4 is 30.6 Å². The highest BCUT2D eigenvalue weighted by atomic mass is 35.5. The number of halogens is 2. The van der Waals surface area contributed by atoms with Gasteiger partial charge in [-0.25, -0.2) is 4.98 Å². The van der Waals surface area contributed by atoms with Crippen molar-refractivity contribution in [3.8, 4) is 0 Å². The van der Waals surface area contributed by atoms with Crippen molar-refractivity contribution in [2.24, 2.45) is 0 Å². The zero-order valence-corrected chi connectivity index (χ0v) is 12.0. The van der Waals surface area contributed by atoms with Crippen LogP contribution >= 0.6 is 24.8 Å². The molecular weight excluding hydrogens is 271 g/mol. The lowest BCUT2D eigenvalue weighted by Crippen LogP contribution is -2.41. The van der Waals surface area contributed by atoms with Crippen molar-refractivity contribution in [2.45, 2.75) is 38.1 Å². The van der Waals surface area contributed by atoms with Crippen molar-refractivity contribution in [3.05, 3.63) is 17.6 Å². The van der Waals surface area contributed by atoms with Crippen LogP contribution in [-0.4, -0.2) is 34.0 Å². The Hall–Kier alpha value is -0.580. The highest BCUT2D eigenvalue weighted by Crippen LogP contribution is 2.26. The second-order valence-corrected chi connectivity index (χ2v) is 4.81. The molecule has 0 amide bonds. The van der Waals surface area contributed by atoms with Crippen molar-refractivity contribution in [1.82, 2.24) is 14.9 Å². The average molecular weight is 291 g/mol. The highest BCUT2D eigenvalue weighted by molar-refractivity contribution is 5.85. The molecule has 0 aromatic carbocycles. The van der Waals surface area contributed by atoms with E-state index in [0.717, 1.165) is 43.4 Å². The van der Waals surface area contributed by atoms with E-state index in [1.165, 1.54) is 19.3 Å². The fourth-order valence-corrected chi connectivity index (χ4v) is 2.60. The fraction of sp³-hybridized carbons (Fsp3) is 0.667. The number of nitrogens with two attached hydrogens (primary N) is 1. The molecule has 1 aliphatic carbocycles. The lowest BCUT2D eigenvalue weighted by Gasteiger charge is -2.36. The highest BCUT2D eigenvalue weighted by Gasteiger charge is 2.26. The molecule has 0 radical (unpaired) electrons. The second kappa shape index (κ2) is 6.55. The van der Waals surface area contributed by atoms with E-state index in [0.29, 0.717) is 5.82 Å². The Morgan fingerprint density at radius 1 is 1.11 bits per heavy atom. The third-order valence-corrected chi connectivity index (χ3v) is 3.81. The van der Waals surface area contributed by atoms with Crippen LogP contribution in [0.15, 0.2) is 6.20 Å². The summed E-state index contributed by atoms with van der Waals surface area (Å²) in [7, 11) is 0. The van der Waals surface area contributed by atoms with Gasteiger partial charge in [-0.15, -0.1) is 24.8 Å². The molecule has 2 heterocycles. The summed E-state index contributed by atoms with van der Waals surface area (Å²) in [6.45, 7) is 2.26. The maximum absolute atomic E-state index is 5.68. The monoisotopic (exact) mass is 290 g/mol. The number of aromatic nitrogens is 2. The predicted molar refractivity (Wildman–Crippen MR) is 77.6 cm³/mol. The lowest BCUT2D eigenvalue weighted by atomic mass is 9.91. The van der Waals surface area contributed by atoms with Gasteiger partial charge in [0, 0.05) is 32.0 Å². The minimum absolute atomic E-state index is 0. The summed E-state index contributed by atoms with van der Waals surface area (Å²) in [5.41, 5.74) is 7.94. The van der Waals surface area contributed by atoms with E-state index in [1.54, 1.807) is 6.20 Å². The Balaban J connectivity index is 0.000000810. The molecule has 1 aliphatic heterocycles. The molecule has 1 saturated carbocycles. The number of fused-ring (bicyclic) bond motifs is 1. The fourth-order valence-electron chi connectivity index (χ4n) is 2.60. The topological polar surface area (TPSA) is 55.0 Å². The zero-order chi connectivity index (χ0) is 11.0. The summed E-state index contributed by atoms with van der Waals surface area (Å²) in [6.07, 6.45) is 7.86. The minimum Gasteiger partial charge on any atom is -0.382 e. The molecule has 18 heavy (non-hydrogen) atoms. The summed E-state index contributed by atoms with van der Waals surface area (Å²) in [5.74, 6) is 0.552. The maximum Gasteiger partial charge on any atom is 0.142 e. The second-order valence-electron chi connectivity index (χ2n) is 4.81. The molecule has 2 aliphatic rings. The van der Waals surface area contributed by atoms with Crippen LogP contribution in [0.3, 0.4) is 0 Å². The third kappa shape index (κ3) is 3.05. The molecule has 2 N–H and O–H groups in total. The summed E-state index contributed by atoms with van der Waals surface area (Å²) in [4.78, 5) is 11.4. The van der Waals surface area contributed by atoms with Crippen LogP contribution in [0.25, 0.3) is 0 Å². The van der Waals surface area contributed by atoms with Crippen molar-refractivity contribution < 1.29 is 0 Å². The molecule has 0 atom stereocenters. The first-order chi connectivity index (χ1) is 7.83. The van der Waals surface area contributed by atoms with Gasteiger partial charge in [0.05, 0.1) is 17.6 Å². The number of nitrogen functional groups attached to an aromatic ring is 1. The van der Waals surface area contributed by atoms with Crippen LogP contribution in [0.5, 0.6) is 0 Å². The van der Waals surface area contributed by atoms with Crippen molar-refractivity contribution in [2.75, 3.05) is 18.8 Å². The van der Waals surface area contributed by atoms with Crippen LogP contribution in [0, 0.1) is 0 Å². The molecule has 0 spiro atoms. The van der Waals surface area contributed by atoms with Crippen LogP contribution in [0.2, 0.25) is 0 Å². The number of hydrogen-bond donors (Lipinski definition) is 1. The van der Waals surface area contributed by atoms with Gasteiger partial charge in [0.25, 0.3) is 0 Å². The summed E-state index contributed by atoms with van der Waals surface area (Å²) in [5, 5.41) is 0. The number of anilines is 1. The van der Waals surface area contributed by atoms with E-state index in [4.69, 9.17) is 5.73 Å². The van der Waals surface area contributed by atoms with Gasteiger partial charge in [0.2, 0.25) is 0 Å². The zero-order valence-electron chi connectivity index (χ0n) is 10.3. The van der Waals surface area contributed by atoms with E-state index in [9.17, 15) is 0 Å². The predicted octanol–water partition coefficient (Wildman–Crippen LogP) is 1.86. The quantitative estimate of drug-likeness (QED) is 0.858. The molecule has 4 nitrogen and oxygen atoms in total. The van der Waals surface area contributed by atoms with Gasteiger partial charge < -0.3 is 5.73 Å². The summed E-state index contributed by atoms with van der Waals surface area (Å²) >= 11 is 0. The van der Waals surface area contributed by atoms with E-state index in [1.807, 2.05) is 0 Å². The van der Waals surface area contributed by atoms with E-state index >= 15 is 0 Å². The number of hydrogen-bond acceptors (Lipinski definition) is 4. The molecule has 102 valence electrons. The molecule has 0 bridgehead atoms. The normalized spacial score (nSPS) is 19.8. The number of nitrogens with zero attached hydrogens (tertiary/aromatic N) is 3. The Morgan fingerprint density at radius 2 is 1.78 bits per heavy atom. The first-order valence-electron chi connectivity index (χ1n) is 6.17. The lowest BCUT2D eigenvalue weighted by molar-refractivity contribution is 0.133. The van der Waals surface area contributed by atoms with Crippen LogP contribution < -0.4 is 5.73 Å². The minimum atomic E-state index is 0. The molecule has 6 heteroatoms.